The lowest BCUT2D eigenvalue weighted by molar-refractivity contribution is -0.145. The van der Waals surface area contributed by atoms with Crippen LogP contribution in [0.2, 0.25) is 0 Å². The Kier molecular flexibility index (Phi) is 5.25. The van der Waals surface area contributed by atoms with Crippen LogP contribution in [0.15, 0.2) is 18.2 Å². The molecule has 1 unspecified atom stereocenters. The van der Waals surface area contributed by atoms with E-state index >= 15 is 0 Å². The number of carbonyl (C=O) groups excluding carboxylic acids is 2. The first kappa shape index (κ1) is 16.1. The second-order valence-electron chi connectivity index (χ2n) is 5.17. The molecule has 2 rings (SSSR count). The number of ether oxygens (including phenoxy) is 3. The number of esters is 1. The van der Waals surface area contributed by atoms with Gasteiger partial charge in [0.25, 0.3) is 5.91 Å². The van der Waals surface area contributed by atoms with Crippen molar-refractivity contribution in [1.29, 1.82) is 0 Å². The van der Waals surface area contributed by atoms with E-state index in [2.05, 4.69) is 0 Å². The molecule has 1 aromatic rings. The van der Waals surface area contributed by atoms with Gasteiger partial charge in [-0.05, 0) is 24.6 Å². The number of nitrogens with zero attached hydrogens (tertiary/aromatic N) is 1. The number of amides is 1. The Morgan fingerprint density at radius 3 is 2.73 bits per heavy atom. The van der Waals surface area contributed by atoms with Crippen LogP contribution in [0, 0.1) is 0 Å². The molecule has 0 N–H and O–H groups in total. The van der Waals surface area contributed by atoms with Crippen LogP contribution in [-0.2, 0) is 9.53 Å². The first-order valence-electron chi connectivity index (χ1n) is 7.33. The van der Waals surface area contributed by atoms with Gasteiger partial charge in [-0.15, -0.1) is 0 Å². The Hall–Kier alpha value is -2.24. The largest absolute Gasteiger partial charge is 0.467 e. The van der Waals surface area contributed by atoms with Gasteiger partial charge < -0.3 is 19.1 Å². The summed E-state index contributed by atoms with van der Waals surface area (Å²) in [6.45, 7) is 2.19. The Bertz CT molecular complexity index is 557. The van der Waals surface area contributed by atoms with E-state index in [1.807, 2.05) is 6.92 Å². The summed E-state index contributed by atoms with van der Waals surface area (Å²) in [6.07, 6.45) is 2.37. The van der Waals surface area contributed by atoms with Crippen LogP contribution >= 0.6 is 0 Å². The molecule has 1 atom stereocenters. The Morgan fingerprint density at radius 1 is 1.32 bits per heavy atom. The van der Waals surface area contributed by atoms with Gasteiger partial charge in [0.15, 0.2) is 11.5 Å². The second-order valence-corrected chi connectivity index (χ2v) is 5.17. The maximum absolute atomic E-state index is 12.6. The SMILES string of the molecule is CCCCC(C(=O)OC)N(C)C(=O)c1ccc2c(c1)OCO2. The minimum atomic E-state index is -0.581. The molecule has 0 saturated carbocycles. The topological polar surface area (TPSA) is 65.1 Å². The zero-order chi connectivity index (χ0) is 16.1. The number of rotatable bonds is 6. The molecule has 0 fully saturated rings. The van der Waals surface area contributed by atoms with Gasteiger partial charge in [-0.1, -0.05) is 19.8 Å². The minimum Gasteiger partial charge on any atom is -0.467 e. The third-order valence-electron chi connectivity index (χ3n) is 3.71. The lowest BCUT2D eigenvalue weighted by Crippen LogP contribution is -2.43. The van der Waals surface area contributed by atoms with E-state index < -0.39 is 12.0 Å². The molecule has 0 saturated heterocycles. The van der Waals surface area contributed by atoms with Gasteiger partial charge in [-0.3, -0.25) is 4.79 Å². The number of benzene rings is 1. The van der Waals surface area contributed by atoms with E-state index in [0.717, 1.165) is 12.8 Å². The van der Waals surface area contributed by atoms with Gasteiger partial charge in [0.05, 0.1) is 7.11 Å². The Morgan fingerprint density at radius 2 is 2.05 bits per heavy atom. The first-order valence-corrected chi connectivity index (χ1v) is 7.33. The number of likely N-dealkylation sites (N-methyl/N-ethyl adjacent to an activating group) is 1. The van der Waals surface area contributed by atoms with E-state index in [0.29, 0.717) is 23.5 Å². The fraction of sp³-hybridized carbons (Fsp3) is 0.500. The molecule has 6 heteroatoms. The molecule has 120 valence electrons. The number of unbranched alkanes of at least 4 members (excludes halogenated alkanes) is 1. The van der Waals surface area contributed by atoms with Crippen molar-refractivity contribution in [3.8, 4) is 11.5 Å². The van der Waals surface area contributed by atoms with Crippen molar-refractivity contribution in [2.75, 3.05) is 21.0 Å². The molecular weight excluding hydrogens is 286 g/mol. The molecule has 0 aromatic heterocycles. The quantitative estimate of drug-likeness (QED) is 0.754. The van der Waals surface area contributed by atoms with Crippen molar-refractivity contribution >= 4 is 11.9 Å². The smallest absolute Gasteiger partial charge is 0.328 e. The van der Waals surface area contributed by atoms with Crippen LogP contribution in [0.3, 0.4) is 0 Å². The fourth-order valence-electron chi connectivity index (χ4n) is 2.38. The van der Waals surface area contributed by atoms with Crippen molar-refractivity contribution in [3.05, 3.63) is 23.8 Å². The molecule has 0 radical (unpaired) electrons. The lowest BCUT2D eigenvalue weighted by Gasteiger charge is -2.26. The average molecular weight is 307 g/mol. The van der Waals surface area contributed by atoms with Gasteiger partial charge in [0.1, 0.15) is 6.04 Å². The van der Waals surface area contributed by atoms with Crippen LogP contribution in [0.4, 0.5) is 0 Å². The Labute approximate surface area is 129 Å². The predicted octanol–water partition coefficient (Wildman–Crippen LogP) is 2.22. The first-order chi connectivity index (χ1) is 10.6. The average Bonchev–Trinajstić information content (AvgIpc) is 3.01. The Balaban J connectivity index is 2.16. The molecule has 1 amide bonds. The second kappa shape index (κ2) is 7.15. The van der Waals surface area contributed by atoms with Crippen molar-refractivity contribution in [3.63, 3.8) is 0 Å². The molecule has 6 nitrogen and oxygen atoms in total. The summed E-state index contributed by atoms with van der Waals surface area (Å²) in [7, 11) is 2.95. The highest BCUT2D eigenvalue weighted by molar-refractivity contribution is 5.97. The number of fused-ring (bicyclic) bond motifs is 1. The molecule has 22 heavy (non-hydrogen) atoms. The highest BCUT2D eigenvalue weighted by atomic mass is 16.7. The lowest BCUT2D eigenvalue weighted by atomic mass is 10.1. The number of carbonyl (C=O) groups is 2. The summed E-state index contributed by atoms with van der Waals surface area (Å²) in [5, 5.41) is 0. The molecule has 0 aliphatic carbocycles. The summed E-state index contributed by atoms with van der Waals surface area (Å²) < 4.78 is 15.3. The van der Waals surface area contributed by atoms with Crippen molar-refractivity contribution in [2.24, 2.45) is 0 Å². The van der Waals surface area contributed by atoms with Crippen LogP contribution in [0.25, 0.3) is 0 Å². The summed E-state index contributed by atoms with van der Waals surface area (Å²) in [5.74, 6) is 0.520. The van der Waals surface area contributed by atoms with E-state index in [1.54, 1.807) is 25.2 Å². The molecule has 1 heterocycles. The molecule has 1 aromatic carbocycles. The maximum Gasteiger partial charge on any atom is 0.328 e. The maximum atomic E-state index is 12.6. The minimum absolute atomic E-state index is 0.157. The standard InChI is InChI=1S/C16H21NO5/c1-4-5-6-12(16(19)20-3)17(2)15(18)11-7-8-13-14(9-11)22-10-21-13/h7-9,12H,4-6,10H2,1-3H3. The monoisotopic (exact) mass is 307 g/mol. The van der Waals surface area contributed by atoms with E-state index in [1.165, 1.54) is 12.0 Å². The summed E-state index contributed by atoms with van der Waals surface area (Å²) >= 11 is 0. The van der Waals surface area contributed by atoms with Gasteiger partial charge >= 0.3 is 5.97 Å². The molecule has 0 spiro atoms. The van der Waals surface area contributed by atoms with Gasteiger partial charge in [0, 0.05) is 12.6 Å². The zero-order valence-corrected chi connectivity index (χ0v) is 13.1. The third-order valence-corrected chi connectivity index (χ3v) is 3.71. The summed E-state index contributed by atoms with van der Waals surface area (Å²) in [6, 6.07) is 4.42. The van der Waals surface area contributed by atoms with Crippen LogP contribution in [-0.4, -0.2) is 43.8 Å². The van der Waals surface area contributed by atoms with Crippen LogP contribution < -0.4 is 9.47 Å². The van der Waals surface area contributed by atoms with Crippen LogP contribution in [0.5, 0.6) is 11.5 Å². The van der Waals surface area contributed by atoms with Gasteiger partial charge in [-0.2, -0.15) is 0 Å². The van der Waals surface area contributed by atoms with Gasteiger partial charge in [-0.25, -0.2) is 4.79 Å². The molecule has 1 aliphatic rings. The molecule has 1 aliphatic heterocycles. The molecule has 0 bridgehead atoms. The number of methoxy groups -OCH3 is 1. The summed E-state index contributed by atoms with van der Waals surface area (Å²) in [5.41, 5.74) is 0.456. The van der Waals surface area contributed by atoms with Gasteiger partial charge in [0.2, 0.25) is 6.79 Å². The molecular formula is C16H21NO5. The normalized spacial score (nSPS) is 13.6. The fourth-order valence-corrected chi connectivity index (χ4v) is 2.38. The van der Waals surface area contributed by atoms with Crippen molar-refractivity contribution in [1.82, 2.24) is 4.90 Å². The number of hydrogen-bond acceptors (Lipinski definition) is 5. The predicted molar refractivity (Wildman–Crippen MR) is 80.0 cm³/mol. The number of hydrogen-bond donors (Lipinski definition) is 0. The van der Waals surface area contributed by atoms with E-state index in [4.69, 9.17) is 14.2 Å². The van der Waals surface area contributed by atoms with Crippen LogP contribution in [0.1, 0.15) is 36.5 Å². The highest BCUT2D eigenvalue weighted by Crippen LogP contribution is 2.32. The zero-order valence-electron chi connectivity index (χ0n) is 13.1. The van der Waals surface area contributed by atoms with E-state index in [9.17, 15) is 9.59 Å². The van der Waals surface area contributed by atoms with E-state index in [-0.39, 0.29) is 12.7 Å². The summed E-state index contributed by atoms with van der Waals surface area (Å²) in [4.78, 5) is 25.9. The highest BCUT2D eigenvalue weighted by Gasteiger charge is 2.28. The third kappa shape index (κ3) is 3.32. The van der Waals surface area contributed by atoms with Crippen molar-refractivity contribution < 1.29 is 23.8 Å². The van der Waals surface area contributed by atoms with Crippen molar-refractivity contribution in [2.45, 2.75) is 32.2 Å².